The van der Waals surface area contributed by atoms with Crippen LogP contribution in [0.25, 0.3) is 165 Å². The van der Waals surface area contributed by atoms with E-state index in [9.17, 15) is 0 Å². The lowest BCUT2D eigenvalue weighted by Gasteiger charge is -2.33. The summed E-state index contributed by atoms with van der Waals surface area (Å²) < 4.78 is 14.7. The van der Waals surface area contributed by atoms with Crippen LogP contribution in [-0.2, 0) is 0 Å². The second-order valence-corrected chi connectivity index (χ2v) is 32.9. The highest BCUT2D eigenvalue weighted by atomic mass is 32.2. The Hall–Kier alpha value is -14.9. The van der Waals surface area contributed by atoms with Crippen molar-refractivity contribution in [2.45, 2.75) is 19.6 Å². The second kappa shape index (κ2) is 26.3. The fraction of sp³-hybridized carbons (Fsp3) is 0. The number of benzene rings is 18. The van der Waals surface area contributed by atoms with Gasteiger partial charge in [0.25, 0.3) is 0 Å². The Morgan fingerprint density at radius 1 is 0.144 bits per heavy atom. The molecular weight excluding hydrogens is 1470 g/mol. The van der Waals surface area contributed by atoms with E-state index in [2.05, 4.69) is 450 Å². The Morgan fingerprint density at radius 2 is 0.407 bits per heavy atom. The van der Waals surface area contributed by atoms with E-state index < -0.39 is 0 Å². The molecule has 0 amide bonds. The van der Waals surface area contributed by atoms with Gasteiger partial charge in [-0.05, 0) is 194 Å². The lowest BCUT2D eigenvalue weighted by atomic mass is 10.1. The van der Waals surface area contributed by atoms with E-state index in [1.165, 1.54) is 173 Å². The molecule has 0 N–H and O–H groups in total. The molecule has 0 fully saturated rings. The van der Waals surface area contributed by atoms with Crippen LogP contribution in [0.1, 0.15) is 0 Å². The molecule has 2 aliphatic heterocycles. The van der Waals surface area contributed by atoms with Crippen molar-refractivity contribution in [1.82, 2.24) is 27.4 Å². The van der Waals surface area contributed by atoms with Crippen molar-refractivity contribution >= 4 is 188 Å². The molecule has 26 rings (SSSR count). The highest BCUT2D eigenvalue weighted by molar-refractivity contribution is 8.00. The first-order valence-corrected chi connectivity index (χ1v) is 41.9. The Kier molecular flexibility index (Phi) is 14.8. The molecule has 0 radical (unpaired) electrons. The van der Waals surface area contributed by atoms with Gasteiger partial charge >= 0.3 is 0 Å². The monoisotopic (exact) mass is 1540 g/mol. The summed E-state index contributed by atoms with van der Waals surface area (Å²) in [4.78, 5) is 9.75. The van der Waals surface area contributed by atoms with Crippen molar-refractivity contribution < 1.29 is 0 Å². The van der Waals surface area contributed by atoms with E-state index in [4.69, 9.17) is 0 Å². The molecule has 8 nitrogen and oxygen atoms in total. The van der Waals surface area contributed by atoms with Crippen molar-refractivity contribution in [2.24, 2.45) is 0 Å². The maximum absolute atomic E-state index is 2.51. The van der Waals surface area contributed by atoms with Gasteiger partial charge in [0.1, 0.15) is 0 Å². The molecule has 18 aromatic carbocycles. The summed E-state index contributed by atoms with van der Waals surface area (Å²) in [6.07, 6.45) is 0. The lowest BCUT2D eigenvalue weighted by molar-refractivity contribution is 1.12. The van der Waals surface area contributed by atoms with Crippen molar-refractivity contribution in [3.8, 4) is 34.1 Å². The third kappa shape index (κ3) is 9.94. The smallest absolute Gasteiger partial charge is 0.0641 e. The molecule has 552 valence electrons. The van der Waals surface area contributed by atoms with Gasteiger partial charge in [0.15, 0.2) is 0 Å². The van der Waals surface area contributed by atoms with Crippen LogP contribution in [0.5, 0.6) is 0 Å². The maximum Gasteiger partial charge on any atom is 0.0641 e. The Morgan fingerprint density at radius 3 is 0.814 bits per heavy atom. The van der Waals surface area contributed by atoms with Crippen molar-refractivity contribution in [3.63, 3.8) is 0 Å². The largest absolute Gasteiger partial charge is 0.309 e. The van der Waals surface area contributed by atoms with Gasteiger partial charge in [-0.3, -0.25) is 0 Å². The number of anilines is 6. The van der Waals surface area contributed by atoms with Gasteiger partial charge in [0, 0.05) is 130 Å². The first kappa shape index (κ1) is 66.5. The third-order valence-electron chi connectivity index (χ3n) is 24.4. The number of para-hydroxylation sites is 12. The van der Waals surface area contributed by atoms with Crippen molar-refractivity contribution in [2.75, 3.05) is 9.80 Å². The van der Waals surface area contributed by atoms with Gasteiger partial charge in [0.2, 0.25) is 0 Å². The van der Waals surface area contributed by atoms with Crippen LogP contribution < -0.4 is 9.80 Å². The Balaban J connectivity index is 0.000000131. The molecule has 8 heterocycles. The average Bonchev–Trinajstić information content (AvgIpc) is 1.55. The van der Waals surface area contributed by atoms with Crippen LogP contribution in [-0.4, -0.2) is 27.4 Å². The van der Waals surface area contributed by atoms with Crippen LogP contribution in [0.15, 0.2) is 432 Å². The Bertz CT molecular complexity index is 8270. The van der Waals surface area contributed by atoms with Gasteiger partial charge in [-0.25, -0.2) is 0 Å². The van der Waals surface area contributed by atoms with E-state index in [0.29, 0.717) is 0 Å². The number of rotatable bonds is 8. The zero-order valence-corrected chi connectivity index (χ0v) is 65.3. The summed E-state index contributed by atoms with van der Waals surface area (Å²) in [6, 6.07) is 151. The Labute approximate surface area is 687 Å². The van der Waals surface area contributed by atoms with Crippen LogP contribution >= 0.6 is 23.5 Å². The summed E-state index contributed by atoms with van der Waals surface area (Å²) in [5.74, 6) is 0. The van der Waals surface area contributed by atoms with Crippen molar-refractivity contribution in [1.29, 1.82) is 0 Å². The molecular formula is C108H68N8S2. The molecule has 0 atom stereocenters. The molecule has 118 heavy (non-hydrogen) atoms. The number of nitrogens with zero attached hydrogens (tertiary/aromatic N) is 8. The number of aromatic nitrogens is 6. The topological polar surface area (TPSA) is 36.1 Å². The predicted molar refractivity (Wildman–Crippen MR) is 497 cm³/mol. The molecule has 0 aliphatic carbocycles. The van der Waals surface area contributed by atoms with E-state index in [-0.39, 0.29) is 0 Å². The third-order valence-corrected chi connectivity index (χ3v) is 26.6. The minimum absolute atomic E-state index is 1.14. The number of fused-ring (bicyclic) bond motifs is 24. The van der Waals surface area contributed by atoms with Crippen LogP contribution in [0.2, 0.25) is 0 Å². The standard InChI is InChI=1S/2C54H34N4S/c1-3-15-35(16-4-1)55-44-22-10-8-20-40(44)43-33-37(27-30-47(43)55)58-45-23-11-7-19-39(45)41-29-32-50-53(54(41)58)42-21-9-12-24-46(42)57(50)38-28-31-49-52(34-38)59-51-26-14-13-25-48(51)56(49)36-17-5-2-6-18-36;1-3-15-35(16-4-1)55-44-22-10-8-20-40(44)43-33-37(27-30-47(43)55)57-46-24-12-9-21-42(46)53-50(57)32-29-41-39-19-7-11-23-45(39)58(54(41)53)38-28-31-49-52(34-38)59-51-26-14-13-25-48(51)56(49)36-17-5-2-6-18-36/h2*1-34H. The van der Waals surface area contributed by atoms with Gasteiger partial charge < -0.3 is 37.2 Å². The van der Waals surface area contributed by atoms with Gasteiger partial charge in [-0.1, -0.05) is 242 Å². The minimum atomic E-state index is 1.14. The van der Waals surface area contributed by atoms with Crippen molar-refractivity contribution in [3.05, 3.63) is 413 Å². The number of hydrogen-bond acceptors (Lipinski definition) is 4. The van der Waals surface area contributed by atoms with E-state index in [1.807, 2.05) is 23.5 Å². The average molecular weight is 1540 g/mol. The van der Waals surface area contributed by atoms with E-state index >= 15 is 0 Å². The molecule has 10 heteroatoms. The zero-order chi connectivity index (χ0) is 77.2. The zero-order valence-electron chi connectivity index (χ0n) is 63.7. The molecule has 6 aromatic heterocycles. The van der Waals surface area contributed by atoms with E-state index in [0.717, 1.165) is 45.5 Å². The molecule has 0 bridgehead atoms. The molecule has 0 saturated heterocycles. The first-order chi connectivity index (χ1) is 58.6. The fourth-order valence-corrected chi connectivity index (χ4v) is 21.7. The quantitative estimate of drug-likeness (QED) is 0.152. The highest BCUT2D eigenvalue weighted by Crippen LogP contribution is 2.56. The molecule has 24 aromatic rings. The fourth-order valence-electron chi connectivity index (χ4n) is 19.5. The van der Waals surface area contributed by atoms with Crippen LogP contribution in [0.4, 0.5) is 34.1 Å². The highest BCUT2D eigenvalue weighted by Gasteiger charge is 2.31. The minimum Gasteiger partial charge on any atom is -0.309 e. The summed E-state index contributed by atoms with van der Waals surface area (Å²) in [5, 5.41) is 14.9. The van der Waals surface area contributed by atoms with E-state index in [1.54, 1.807) is 0 Å². The summed E-state index contributed by atoms with van der Waals surface area (Å²) in [7, 11) is 0. The van der Waals surface area contributed by atoms with Gasteiger partial charge in [0.05, 0.1) is 88.9 Å². The molecule has 0 spiro atoms. The molecule has 0 unspecified atom stereocenters. The molecule has 2 aliphatic rings. The summed E-state index contributed by atoms with van der Waals surface area (Å²) in [6.45, 7) is 0. The first-order valence-electron chi connectivity index (χ1n) is 40.2. The molecule has 0 saturated carbocycles. The summed E-state index contributed by atoms with van der Waals surface area (Å²) in [5.41, 5.74) is 28.4. The second-order valence-electron chi connectivity index (χ2n) is 30.7. The SMILES string of the molecule is c1ccc(N2c3ccccc3Sc3cc(-n4c5ccccc5c5c4ccc4c6ccccc6n(-c6ccc7c(c6)c6ccccc6n7-c6ccccc6)c45)ccc32)cc1.c1ccc(N2c3ccccc3Sc3cc(-n4c5ccccc5c5ccc6c(c7ccccc7n6-c6ccc7c(c6)c6ccccc6n7-c6ccccc6)c54)ccc32)cc1. The van der Waals surface area contributed by atoms with Gasteiger partial charge in [-0.2, -0.15) is 0 Å². The lowest BCUT2D eigenvalue weighted by Crippen LogP contribution is -2.15. The van der Waals surface area contributed by atoms with Crippen LogP contribution in [0.3, 0.4) is 0 Å². The maximum atomic E-state index is 2.51. The number of hydrogen-bond donors (Lipinski definition) is 0. The normalized spacial score (nSPS) is 12.6. The predicted octanol–water partition coefficient (Wildman–Crippen LogP) is 29.8. The van der Waals surface area contributed by atoms with Gasteiger partial charge in [-0.15, -0.1) is 0 Å². The summed E-state index contributed by atoms with van der Waals surface area (Å²) >= 11 is 3.70. The van der Waals surface area contributed by atoms with Crippen LogP contribution in [0, 0.1) is 0 Å².